The zero-order valence-corrected chi connectivity index (χ0v) is 34.5. The van der Waals surface area contributed by atoms with Crippen LogP contribution in [0.4, 0.5) is 18.4 Å². The number of ether oxygens (including phenoxy) is 2. The van der Waals surface area contributed by atoms with Gasteiger partial charge in [-0.3, -0.25) is 9.69 Å². The van der Waals surface area contributed by atoms with Crippen LogP contribution in [0.5, 0.6) is 5.75 Å². The Bertz CT molecular complexity index is 1810. The van der Waals surface area contributed by atoms with Gasteiger partial charge >= 0.3 is 12.2 Å². The number of cyclic esters (lactones) is 1. The molecule has 0 spiro atoms. The summed E-state index contributed by atoms with van der Waals surface area (Å²) in [6.07, 6.45) is -3.09. The number of benzene rings is 3. The first kappa shape index (κ1) is 41.9. The Morgan fingerprint density at radius 1 is 0.909 bits per heavy atom. The molecule has 298 valence electrons. The summed E-state index contributed by atoms with van der Waals surface area (Å²) in [5.74, 6) is -3.21. The van der Waals surface area contributed by atoms with Crippen molar-refractivity contribution in [3.8, 4) is 5.75 Å². The molecule has 2 aliphatic heterocycles. The molecule has 0 aromatic heterocycles. The van der Waals surface area contributed by atoms with E-state index in [4.69, 9.17) is 13.9 Å². The van der Waals surface area contributed by atoms with E-state index < -0.39 is 67.8 Å². The number of hydrogen-bond acceptors (Lipinski definition) is 7. The van der Waals surface area contributed by atoms with Gasteiger partial charge in [-0.05, 0) is 91.5 Å². The molecule has 0 bridgehead atoms. The second-order valence-corrected chi connectivity index (χ2v) is 22.3. The van der Waals surface area contributed by atoms with Crippen molar-refractivity contribution in [1.29, 1.82) is 0 Å². The molecule has 2 unspecified atom stereocenters. The van der Waals surface area contributed by atoms with Crippen LogP contribution < -0.4 is 4.43 Å². The molecule has 9 nitrogen and oxygen atoms in total. The first-order chi connectivity index (χ1) is 25.8. The molecule has 2 aliphatic rings. The lowest BCUT2D eigenvalue weighted by molar-refractivity contribution is -0.139. The molecule has 3 aromatic carbocycles. The van der Waals surface area contributed by atoms with Gasteiger partial charge in [-0.25, -0.2) is 23.3 Å². The maximum Gasteiger partial charge on any atom is 0.416 e. The number of carbonyl (C=O) groups is 3. The van der Waals surface area contributed by atoms with Crippen LogP contribution in [0.2, 0.25) is 16.6 Å². The van der Waals surface area contributed by atoms with Gasteiger partial charge in [0.05, 0.1) is 30.7 Å². The van der Waals surface area contributed by atoms with Crippen molar-refractivity contribution >= 4 is 26.4 Å². The van der Waals surface area contributed by atoms with E-state index in [1.807, 2.05) is 48.5 Å². The van der Waals surface area contributed by atoms with Crippen LogP contribution >= 0.6 is 0 Å². The second-order valence-electron chi connectivity index (χ2n) is 16.9. The van der Waals surface area contributed by atoms with E-state index in [0.717, 1.165) is 39.8 Å². The third-order valence-corrected chi connectivity index (χ3v) is 17.0. The first-order valence-electron chi connectivity index (χ1n) is 19.3. The topological polar surface area (TPSA) is 106 Å². The van der Waals surface area contributed by atoms with E-state index in [0.29, 0.717) is 12.2 Å². The average molecular weight is 779 g/mol. The van der Waals surface area contributed by atoms with Crippen LogP contribution in [0.3, 0.4) is 0 Å². The molecular formula is C43H56F2N2O7Si. The highest BCUT2D eigenvalue weighted by Crippen LogP contribution is 2.45. The lowest BCUT2D eigenvalue weighted by atomic mass is 9.82. The van der Waals surface area contributed by atoms with E-state index in [-0.39, 0.29) is 48.2 Å². The number of rotatable bonds is 12. The van der Waals surface area contributed by atoms with Gasteiger partial charge in [0, 0.05) is 11.6 Å². The summed E-state index contributed by atoms with van der Waals surface area (Å²) in [6, 6.07) is 16.2. The van der Waals surface area contributed by atoms with Crippen molar-refractivity contribution in [2.45, 2.75) is 129 Å². The van der Waals surface area contributed by atoms with Gasteiger partial charge in [-0.2, -0.15) is 0 Å². The molecule has 1 fully saturated rings. The molecule has 4 atom stereocenters. The summed E-state index contributed by atoms with van der Waals surface area (Å²) in [6.45, 7) is 18.4. The maximum atomic E-state index is 14.7. The van der Waals surface area contributed by atoms with Crippen LogP contribution in [-0.2, 0) is 40.1 Å². The van der Waals surface area contributed by atoms with Crippen molar-refractivity contribution < 1.29 is 42.2 Å². The summed E-state index contributed by atoms with van der Waals surface area (Å²) in [5, 5.41) is 12.5. The van der Waals surface area contributed by atoms with Crippen LogP contribution in [0.25, 0.3) is 0 Å². The Morgan fingerprint density at radius 2 is 1.53 bits per heavy atom. The summed E-state index contributed by atoms with van der Waals surface area (Å²) >= 11 is 0. The first-order valence-corrected chi connectivity index (χ1v) is 21.4. The zero-order valence-electron chi connectivity index (χ0n) is 33.5. The quantitative estimate of drug-likeness (QED) is 0.183. The summed E-state index contributed by atoms with van der Waals surface area (Å²) in [7, 11) is -2.44. The zero-order chi connectivity index (χ0) is 40.4. The highest BCUT2D eigenvalue weighted by Gasteiger charge is 2.50. The number of fused-ring (bicyclic) bond motifs is 1. The average Bonchev–Trinajstić information content (AvgIpc) is 3.46. The molecule has 12 heteroatoms. The summed E-state index contributed by atoms with van der Waals surface area (Å²) in [4.78, 5) is 44.5. The van der Waals surface area contributed by atoms with Crippen molar-refractivity contribution in [1.82, 2.24) is 9.80 Å². The Kier molecular flexibility index (Phi) is 12.8. The number of nitrogens with zero attached hydrogens (tertiary/aromatic N) is 2. The maximum absolute atomic E-state index is 14.7. The van der Waals surface area contributed by atoms with E-state index >= 15 is 0 Å². The second kappa shape index (κ2) is 16.8. The van der Waals surface area contributed by atoms with Crippen molar-refractivity contribution in [2.75, 3.05) is 6.61 Å². The standard InChI is InChI=1S/C43H56F2N2O7Si/c1-26(2)55(27(3)4,28(5)6)54-38-17-13-16-31-22-37(46(24-36(31)38)41(50)53-43(7,8)9)39(48)35(21-30-18-32(44)23-33(45)19-30)40(49)47-34(25-52-42(47)51)20-29-14-11-10-12-15-29/h10-19,23,26-28,34-35,37,39,48H,20-22,24-25H2,1-9H3/t34?,35-,37?,39-/m0/s1. The Morgan fingerprint density at radius 3 is 2.11 bits per heavy atom. The van der Waals surface area contributed by atoms with Gasteiger partial charge in [-0.1, -0.05) is 84.0 Å². The van der Waals surface area contributed by atoms with Gasteiger partial charge in [-0.15, -0.1) is 0 Å². The number of aliphatic hydroxyl groups excluding tert-OH is 1. The number of hydrogen-bond donors (Lipinski definition) is 1. The molecule has 1 N–H and O–H groups in total. The molecule has 0 aliphatic carbocycles. The molecule has 1 saturated heterocycles. The van der Waals surface area contributed by atoms with Gasteiger partial charge in [0.25, 0.3) is 8.32 Å². The monoisotopic (exact) mass is 778 g/mol. The molecule has 0 saturated carbocycles. The van der Waals surface area contributed by atoms with E-state index in [2.05, 4.69) is 41.5 Å². The lowest BCUT2D eigenvalue weighted by Gasteiger charge is -2.45. The normalized spacial score (nSPS) is 18.7. The van der Waals surface area contributed by atoms with Crippen LogP contribution in [-0.4, -0.2) is 71.7 Å². The largest absolute Gasteiger partial charge is 0.542 e. The van der Waals surface area contributed by atoms with Crippen LogP contribution in [0.15, 0.2) is 66.7 Å². The smallest absolute Gasteiger partial charge is 0.416 e. The predicted octanol–water partition coefficient (Wildman–Crippen LogP) is 8.99. The molecule has 0 radical (unpaired) electrons. The highest BCUT2D eigenvalue weighted by molar-refractivity contribution is 6.78. The molecule has 5 rings (SSSR count). The lowest BCUT2D eigenvalue weighted by Crippen LogP contribution is -2.57. The molecular weight excluding hydrogens is 723 g/mol. The van der Waals surface area contributed by atoms with Crippen molar-refractivity contribution in [2.24, 2.45) is 5.92 Å². The predicted molar refractivity (Wildman–Crippen MR) is 209 cm³/mol. The molecule has 55 heavy (non-hydrogen) atoms. The number of carbonyl (C=O) groups excluding carboxylic acids is 3. The van der Waals surface area contributed by atoms with Gasteiger partial charge < -0.3 is 19.0 Å². The summed E-state index contributed by atoms with van der Waals surface area (Å²) in [5.41, 5.74) is 2.54. The number of amides is 3. The third kappa shape index (κ3) is 9.23. The fraction of sp³-hybridized carbons (Fsp3) is 0.512. The van der Waals surface area contributed by atoms with Gasteiger partial charge in [0.2, 0.25) is 5.91 Å². The fourth-order valence-corrected chi connectivity index (χ4v) is 13.9. The highest BCUT2D eigenvalue weighted by atomic mass is 28.4. The van der Waals surface area contributed by atoms with Gasteiger partial charge in [0.1, 0.15) is 29.6 Å². The van der Waals surface area contributed by atoms with Gasteiger partial charge in [0.15, 0.2) is 0 Å². The Hall–Kier alpha value is -4.29. The number of aliphatic hydroxyl groups is 1. The minimum absolute atomic E-state index is 0.0127. The van der Waals surface area contributed by atoms with Crippen LogP contribution in [0, 0.1) is 17.6 Å². The number of imide groups is 1. The minimum Gasteiger partial charge on any atom is -0.542 e. The van der Waals surface area contributed by atoms with Crippen molar-refractivity contribution in [3.63, 3.8) is 0 Å². The third-order valence-electron chi connectivity index (χ3n) is 11.0. The SMILES string of the molecule is CC(C)[Si](Oc1cccc2c1CN(C(=O)OC(C)(C)C)C([C@@H](O)[C@H](Cc1cc(F)cc(F)c1)C(=O)N1C(=O)OCC1Cc1ccccc1)C2)(C(C)C)C(C)C. The Labute approximate surface area is 325 Å². The van der Waals surface area contributed by atoms with Crippen LogP contribution in [0.1, 0.15) is 84.6 Å². The molecule has 3 amide bonds. The minimum atomic E-state index is -2.44. The summed E-state index contributed by atoms with van der Waals surface area (Å²) < 4.78 is 47.5. The fourth-order valence-electron chi connectivity index (χ4n) is 8.62. The van der Waals surface area contributed by atoms with Crippen molar-refractivity contribution in [3.05, 3.63) is 101 Å². The number of halogens is 2. The molecule has 2 heterocycles. The molecule has 3 aromatic rings. The Balaban J connectivity index is 1.59. The van der Waals surface area contributed by atoms with E-state index in [9.17, 15) is 28.3 Å². The van der Waals surface area contributed by atoms with E-state index in [1.165, 1.54) is 4.90 Å². The van der Waals surface area contributed by atoms with E-state index in [1.54, 1.807) is 20.8 Å².